The van der Waals surface area contributed by atoms with Crippen LogP contribution in [-0.2, 0) is 14.9 Å². The highest BCUT2D eigenvalue weighted by molar-refractivity contribution is 5.85. The lowest BCUT2D eigenvalue weighted by molar-refractivity contribution is -0.160. The first kappa shape index (κ1) is 16.3. The van der Waals surface area contributed by atoms with Crippen molar-refractivity contribution in [3.05, 3.63) is 35.9 Å². The molecule has 0 radical (unpaired) electrons. The molecule has 2 heterocycles. The first-order valence-corrected chi connectivity index (χ1v) is 7.61. The second-order valence-electron chi connectivity index (χ2n) is 6.16. The highest BCUT2D eigenvalue weighted by Gasteiger charge is 2.56. The van der Waals surface area contributed by atoms with E-state index in [2.05, 4.69) is 24.1 Å². The van der Waals surface area contributed by atoms with Crippen molar-refractivity contribution in [2.45, 2.75) is 37.6 Å². The fourth-order valence-electron chi connectivity index (χ4n) is 4.26. The number of fused-ring (bicyclic) bond motifs is 3. The molecule has 0 amide bonds. The van der Waals surface area contributed by atoms with Gasteiger partial charge in [0.1, 0.15) is 5.41 Å². The van der Waals surface area contributed by atoms with E-state index >= 15 is 0 Å². The molecule has 0 N–H and O–H groups in total. The molecule has 1 aliphatic carbocycles. The van der Waals surface area contributed by atoms with E-state index in [4.69, 9.17) is 4.74 Å². The van der Waals surface area contributed by atoms with Gasteiger partial charge in [-0.3, -0.25) is 4.79 Å². The van der Waals surface area contributed by atoms with Crippen LogP contribution in [0, 0.1) is 5.92 Å². The van der Waals surface area contributed by atoms with E-state index in [0.29, 0.717) is 12.5 Å². The molecule has 3 fully saturated rings. The zero-order chi connectivity index (χ0) is 14.2. The maximum absolute atomic E-state index is 12.8. The van der Waals surface area contributed by atoms with E-state index in [1.807, 2.05) is 25.1 Å². The van der Waals surface area contributed by atoms with Gasteiger partial charge < -0.3 is 9.64 Å². The molecule has 0 unspecified atom stereocenters. The van der Waals surface area contributed by atoms with Crippen LogP contribution in [0.2, 0.25) is 0 Å². The minimum Gasteiger partial charge on any atom is -0.465 e. The SMILES string of the molecule is CCOC(=O)[C@]1(c2ccccc2)C[C@@H]2CC[C@H]1N(C)C2.Cl. The van der Waals surface area contributed by atoms with Crippen LogP contribution in [0.5, 0.6) is 0 Å². The van der Waals surface area contributed by atoms with Crippen molar-refractivity contribution in [2.24, 2.45) is 5.92 Å². The van der Waals surface area contributed by atoms with Crippen molar-refractivity contribution in [3.8, 4) is 0 Å². The van der Waals surface area contributed by atoms with E-state index in [0.717, 1.165) is 24.9 Å². The summed E-state index contributed by atoms with van der Waals surface area (Å²) in [7, 11) is 2.15. The Morgan fingerprint density at radius 2 is 2.05 bits per heavy atom. The van der Waals surface area contributed by atoms with Gasteiger partial charge in [0.2, 0.25) is 0 Å². The summed E-state index contributed by atoms with van der Waals surface area (Å²) in [4.78, 5) is 15.2. The minimum absolute atomic E-state index is 0. The number of benzene rings is 1. The zero-order valence-electron chi connectivity index (χ0n) is 12.7. The average Bonchev–Trinajstić information content (AvgIpc) is 2.48. The number of esters is 1. The molecule has 2 aliphatic heterocycles. The normalized spacial score (nSPS) is 31.5. The summed E-state index contributed by atoms with van der Waals surface area (Å²) in [5.41, 5.74) is 0.660. The van der Waals surface area contributed by atoms with Gasteiger partial charge in [-0.2, -0.15) is 0 Å². The van der Waals surface area contributed by atoms with Crippen molar-refractivity contribution >= 4 is 18.4 Å². The highest BCUT2D eigenvalue weighted by atomic mass is 35.5. The maximum atomic E-state index is 12.8. The van der Waals surface area contributed by atoms with Crippen molar-refractivity contribution in [1.82, 2.24) is 4.90 Å². The number of likely N-dealkylation sites (N-methyl/N-ethyl adjacent to an activating group) is 1. The van der Waals surface area contributed by atoms with Gasteiger partial charge in [0.15, 0.2) is 0 Å². The lowest BCUT2D eigenvalue weighted by atomic mass is 9.59. The van der Waals surface area contributed by atoms with Crippen LogP contribution < -0.4 is 0 Å². The Morgan fingerprint density at radius 1 is 1.33 bits per heavy atom. The molecule has 2 saturated heterocycles. The monoisotopic (exact) mass is 309 g/mol. The minimum atomic E-state index is -0.465. The molecule has 3 nitrogen and oxygen atoms in total. The zero-order valence-corrected chi connectivity index (χ0v) is 13.6. The summed E-state index contributed by atoms with van der Waals surface area (Å²) in [5.74, 6) is 0.571. The first-order valence-electron chi connectivity index (χ1n) is 7.61. The Balaban J connectivity index is 0.00000161. The first-order chi connectivity index (χ1) is 9.68. The Morgan fingerprint density at radius 3 is 2.62 bits per heavy atom. The Hall–Kier alpha value is -1.06. The lowest BCUT2D eigenvalue weighted by Gasteiger charge is -2.54. The molecule has 4 heteroatoms. The van der Waals surface area contributed by atoms with Gasteiger partial charge in [-0.25, -0.2) is 0 Å². The van der Waals surface area contributed by atoms with Gasteiger partial charge in [0.25, 0.3) is 0 Å². The van der Waals surface area contributed by atoms with Gasteiger partial charge in [-0.15, -0.1) is 12.4 Å². The van der Waals surface area contributed by atoms with Crippen LogP contribution in [0.15, 0.2) is 30.3 Å². The fourth-order valence-corrected chi connectivity index (χ4v) is 4.26. The number of ether oxygens (including phenoxy) is 1. The summed E-state index contributed by atoms with van der Waals surface area (Å²) in [6.45, 7) is 3.45. The van der Waals surface area contributed by atoms with E-state index in [9.17, 15) is 4.79 Å². The van der Waals surface area contributed by atoms with Crippen LogP contribution in [0.3, 0.4) is 0 Å². The van der Waals surface area contributed by atoms with Gasteiger partial charge in [0, 0.05) is 12.6 Å². The van der Waals surface area contributed by atoms with Crippen molar-refractivity contribution in [2.75, 3.05) is 20.2 Å². The maximum Gasteiger partial charge on any atom is 0.318 e. The second kappa shape index (κ2) is 6.37. The molecular weight excluding hydrogens is 286 g/mol. The van der Waals surface area contributed by atoms with Gasteiger partial charge in [0.05, 0.1) is 6.61 Å². The largest absolute Gasteiger partial charge is 0.465 e. The molecule has 1 saturated carbocycles. The van der Waals surface area contributed by atoms with Crippen molar-refractivity contribution in [1.29, 1.82) is 0 Å². The molecule has 1 aromatic rings. The quantitative estimate of drug-likeness (QED) is 0.804. The fraction of sp³-hybridized carbons (Fsp3) is 0.588. The van der Waals surface area contributed by atoms with Crippen LogP contribution in [0.25, 0.3) is 0 Å². The third-order valence-electron chi connectivity index (χ3n) is 5.03. The van der Waals surface area contributed by atoms with Crippen LogP contribution in [0.1, 0.15) is 31.7 Å². The number of rotatable bonds is 3. The third-order valence-corrected chi connectivity index (χ3v) is 5.03. The van der Waals surface area contributed by atoms with Gasteiger partial charge >= 0.3 is 5.97 Å². The summed E-state index contributed by atoms with van der Waals surface area (Å²) < 4.78 is 5.47. The summed E-state index contributed by atoms with van der Waals surface area (Å²) >= 11 is 0. The van der Waals surface area contributed by atoms with Crippen molar-refractivity contribution in [3.63, 3.8) is 0 Å². The predicted molar refractivity (Wildman–Crippen MR) is 85.8 cm³/mol. The van der Waals surface area contributed by atoms with Crippen LogP contribution in [-0.4, -0.2) is 37.1 Å². The molecule has 116 valence electrons. The second-order valence-corrected chi connectivity index (χ2v) is 6.16. The molecule has 3 aliphatic rings. The molecule has 0 spiro atoms. The molecule has 21 heavy (non-hydrogen) atoms. The Bertz CT molecular complexity index is 493. The summed E-state index contributed by atoms with van der Waals surface area (Å²) in [6.07, 6.45) is 3.27. The predicted octanol–water partition coefficient (Wildman–Crippen LogP) is 3.02. The molecular formula is C17H24ClNO2. The molecule has 0 aromatic heterocycles. The van der Waals surface area contributed by atoms with Crippen molar-refractivity contribution < 1.29 is 9.53 Å². The number of hydrogen-bond donors (Lipinski definition) is 0. The number of nitrogens with zero attached hydrogens (tertiary/aromatic N) is 1. The standard InChI is InChI=1S/C17H23NO2.ClH/c1-3-20-16(19)17(14-7-5-4-6-8-14)11-13-9-10-15(17)18(2)12-13;/h4-8,13,15H,3,9-12H2,1-2H3;1H/t13-,15+,17-;/m0./s1. The highest BCUT2D eigenvalue weighted by Crippen LogP contribution is 2.49. The topological polar surface area (TPSA) is 29.5 Å². The van der Waals surface area contributed by atoms with E-state index in [1.54, 1.807) is 0 Å². The summed E-state index contributed by atoms with van der Waals surface area (Å²) in [5, 5.41) is 0. The number of hydrogen-bond acceptors (Lipinski definition) is 3. The number of piperidine rings is 2. The molecule has 1 aromatic carbocycles. The number of halogens is 1. The van der Waals surface area contributed by atoms with E-state index in [1.165, 1.54) is 6.42 Å². The van der Waals surface area contributed by atoms with Crippen LogP contribution in [0.4, 0.5) is 0 Å². The molecule has 3 atom stereocenters. The average molecular weight is 310 g/mol. The molecule has 2 bridgehead atoms. The van der Waals surface area contributed by atoms with Crippen LogP contribution >= 0.6 is 12.4 Å². The number of carbonyl (C=O) groups excluding carboxylic acids is 1. The van der Waals surface area contributed by atoms with E-state index < -0.39 is 5.41 Å². The molecule has 4 rings (SSSR count). The van der Waals surface area contributed by atoms with Gasteiger partial charge in [-0.05, 0) is 44.7 Å². The Kier molecular flexibility index (Phi) is 4.95. The summed E-state index contributed by atoms with van der Waals surface area (Å²) in [6, 6.07) is 10.5. The Labute approximate surface area is 133 Å². The number of carbonyl (C=O) groups is 1. The van der Waals surface area contributed by atoms with Gasteiger partial charge in [-0.1, -0.05) is 30.3 Å². The lowest BCUT2D eigenvalue weighted by Crippen LogP contribution is -2.63. The smallest absolute Gasteiger partial charge is 0.318 e. The van der Waals surface area contributed by atoms with E-state index in [-0.39, 0.29) is 24.4 Å². The third kappa shape index (κ3) is 2.58.